The van der Waals surface area contributed by atoms with Crippen LogP contribution < -0.4 is 10.1 Å². The van der Waals surface area contributed by atoms with Crippen molar-refractivity contribution in [3.63, 3.8) is 0 Å². The summed E-state index contributed by atoms with van der Waals surface area (Å²) in [6.07, 6.45) is 0. The number of para-hydroxylation sites is 1. The Bertz CT molecular complexity index is 294. The summed E-state index contributed by atoms with van der Waals surface area (Å²) >= 11 is 0. The van der Waals surface area contributed by atoms with Gasteiger partial charge in [0.1, 0.15) is 11.4 Å². The predicted molar refractivity (Wildman–Crippen MR) is 59.8 cm³/mol. The molecule has 0 atom stereocenters. The molecule has 1 aromatic carbocycles. The zero-order valence-corrected chi connectivity index (χ0v) is 9.42. The van der Waals surface area contributed by atoms with Gasteiger partial charge in [-0.05, 0) is 39.4 Å². The van der Waals surface area contributed by atoms with Gasteiger partial charge in [0.25, 0.3) is 0 Å². The van der Waals surface area contributed by atoms with E-state index in [9.17, 15) is 0 Å². The van der Waals surface area contributed by atoms with Crippen molar-refractivity contribution in [1.82, 2.24) is 5.32 Å². The van der Waals surface area contributed by atoms with Crippen molar-refractivity contribution < 1.29 is 4.74 Å². The highest BCUT2D eigenvalue weighted by atomic mass is 16.5. The molecule has 0 saturated heterocycles. The molecule has 2 heteroatoms. The lowest BCUT2D eigenvalue weighted by Gasteiger charge is -2.27. The van der Waals surface area contributed by atoms with Gasteiger partial charge in [0.05, 0.1) is 0 Å². The average Bonchev–Trinajstić information content (AvgIpc) is 2.08. The summed E-state index contributed by atoms with van der Waals surface area (Å²) < 4.78 is 5.91. The van der Waals surface area contributed by atoms with Crippen molar-refractivity contribution in [3.8, 4) is 5.75 Å². The van der Waals surface area contributed by atoms with Crippen molar-refractivity contribution in [1.29, 1.82) is 0 Å². The molecule has 0 heterocycles. The maximum absolute atomic E-state index is 5.91. The molecule has 1 rings (SSSR count). The van der Waals surface area contributed by atoms with Crippen LogP contribution in [0.4, 0.5) is 0 Å². The largest absolute Gasteiger partial charge is 0.486 e. The molecule has 78 valence electrons. The first-order chi connectivity index (χ1) is 6.55. The standard InChI is InChI=1S/C12H19NO/c1-10-7-5-6-8-11(10)14-12(2,3)9-13-4/h5-8,13H,9H2,1-4H3. The summed E-state index contributed by atoms with van der Waals surface area (Å²) in [5.41, 5.74) is 1.01. The number of aryl methyl sites for hydroxylation is 1. The maximum atomic E-state index is 5.91. The van der Waals surface area contributed by atoms with Crippen molar-refractivity contribution >= 4 is 0 Å². The van der Waals surface area contributed by atoms with E-state index in [2.05, 4.69) is 32.2 Å². The third-order valence-corrected chi connectivity index (χ3v) is 2.08. The first-order valence-corrected chi connectivity index (χ1v) is 4.94. The molecule has 0 radical (unpaired) electrons. The molecule has 0 aliphatic heterocycles. The second-order valence-corrected chi connectivity index (χ2v) is 4.16. The van der Waals surface area contributed by atoms with Gasteiger partial charge in [-0.2, -0.15) is 0 Å². The molecule has 0 unspecified atom stereocenters. The molecule has 0 fully saturated rings. The molecule has 0 amide bonds. The van der Waals surface area contributed by atoms with Crippen LogP contribution in [-0.2, 0) is 0 Å². The molecule has 0 aliphatic carbocycles. The lowest BCUT2D eigenvalue weighted by atomic mass is 10.1. The number of hydrogen-bond donors (Lipinski definition) is 1. The zero-order valence-electron chi connectivity index (χ0n) is 9.42. The first-order valence-electron chi connectivity index (χ1n) is 4.94. The van der Waals surface area contributed by atoms with E-state index in [-0.39, 0.29) is 5.60 Å². The molecular formula is C12H19NO. The molecule has 0 aliphatic rings. The third kappa shape index (κ3) is 3.04. The SMILES string of the molecule is CNCC(C)(C)Oc1ccccc1C. The van der Waals surface area contributed by atoms with E-state index in [1.807, 2.05) is 25.2 Å². The summed E-state index contributed by atoms with van der Waals surface area (Å²) in [5, 5.41) is 3.12. The van der Waals surface area contributed by atoms with Crippen molar-refractivity contribution in [2.45, 2.75) is 26.4 Å². The topological polar surface area (TPSA) is 21.3 Å². The van der Waals surface area contributed by atoms with Gasteiger partial charge in [0, 0.05) is 6.54 Å². The first kappa shape index (κ1) is 11.1. The summed E-state index contributed by atoms with van der Waals surface area (Å²) in [7, 11) is 1.93. The molecule has 1 N–H and O–H groups in total. The lowest BCUT2D eigenvalue weighted by molar-refractivity contribution is 0.109. The summed E-state index contributed by atoms with van der Waals surface area (Å²) in [5.74, 6) is 0.966. The smallest absolute Gasteiger partial charge is 0.123 e. The third-order valence-electron chi connectivity index (χ3n) is 2.08. The number of likely N-dealkylation sites (N-methyl/N-ethyl adjacent to an activating group) is 1. The summed E-state index contributed by atoms with van der Waals surface area (Å²) in [6.45, 7) is 7.05. The van der Waals surface area contributed by atoms with E-state index in [0.717, 1.165) is 12.3 Å². The minimum Gasteiger partial charge on any atom is -0.486 e. The Balaban J connectivity index is 2.73. The molecular weight excluding hydrogens is 174 g/mol. The van der Waals surface area contributed by atoms with Crippen molar-refractivity contribution in [2.75, 3.05) is 13.6 Å². The van der Waals surface area contributed by atoms with Crippen LogP contribution in [0.2, 0.25) is 0 Å². The van der Waals surface area contributed by atoms with Gasteiger partial charge in [-0.3, -0.25) is 0 Å². The Labute approximate surface area is 86.3 Å². The summed E-state index contributed by atoms with van der Waals surface area (Å²) in [6, 6.07) is 8.09. The molecule has 0 aromatic heterocycles. The van der Waals surface area contributed by atoms with Gasteiger partial charge in [-0.25, -0.2) is 0 Å². The monoisotopic (exact) mass is 193 g/mol. The van der Waals surface area contributed by atoms with Gasteiger partial charge < -0.3 is 10.1 Å². The van der Waals surface area contributed by atoms with Crippen molar-refractivity contribution in [3.05, 3.63) is 29.8 Å². The van der Waals surface area contributed by atoms with Crippen LogP contribution in [0.15, 0.2) is 24.3 Å². The number of hydrogen-bond acceptors (Lipinski definition) is 2. The molecule has 0 saturated carbocycles. The minimum atomic E-state index is -0.166. The van der Waals surface area contributed by atoms with E-state index in [4.69, 9.17) is 4.74 Å². The maximum Gasteiger partial charge on any atom is 0.123 e. The molecule has 1 aromatic rings. The lowest BCUT2D eigenvalue weighted by Crippen LogP contribution is -2.38. The quantitative estimate of drug-likeness (QED) is 0.792. The van der Waals surface area contributed by atoms with Crippen LogP contribution in [0.1, 0.15) is 19.4 Å². The summed E-state index contributed by atoms with van der Waals surface area (Å²) in [4.78, 5) is 0. The Morgan fingerprint density at radius 1 is 1.29 bits per heavy atom. The fourth-order valence-electron chi connectivity index (χ4n) is 1.43. The second-order valence-electron chi connectivity index (χ2n) is 4.16. The molecule has 14 heavy (non-hydrogen) atoms. The van der Waals surface area contributed by atoms with Crippen LogP contribution in [0.5, 0.6) is 5.75 Å². The molecule has 0 spiro atoms. The van der Waals surface area contributed by atoms with Crippen LogP contribution >= 0.6 is 0 Å². The highest BCUT2D eigenvalue weighted by Crippen LogP contribution is 2.21. The minimum absolute atomic E-state index is 0.166. The number of nitrogens with one attached hydrogen (secondary N) is 1. The van der Waals surface area contributed by atoms with Gasteiger partial charge in [-0.1, -0.05) is 18.2 Å². The van der Waals surface area contributed by atoms with E-state index in [0.29, 0.717) is 0 Å². The van der Waals surface area contributed by atoms with Crippen LogP contribution in [0.25, 0.3) is 0 Å². The van der Waals surface area contributed by atoms with Crippen molar-refractivity contribution in [2.24, 2.45) is 0 Å². The predicted octanol–water partition coefficient (Wildman–Crippen LogP) is 2.37. The molecule has 2 nitrogen and oxygen atoms in total. The highest BCUT2D eigenvalue weighted by molar-refractivity contribution is 5.32. The normalized spacial score (nSPS) is 11.4. The number of rotatable bonds is 4. The van der Waals surface area contributed by atoms with Gasteiger partial charge in [0.15, 0.2) is 0 Å². The second kappa shape index (κ2) is 4.47. The van der Waals surface area contributed by atoms with Crippen LogP contribution in [-0.4, -0.2) is 19.2 Å². The van der Waals surface area contributed by atoms with Crippen LogP contribution in [0, 0.1) is 6.92 Å². The fourth-order valence-corrected chi connectivity index (χ4v) is 1.43. The Morgan fingerprint density at radius 2 is 1.93 bits per heavy atom. The number of ether oxygens (including phenoxy) is 1. The zero-order chi connectivity index (χ0) is 10.6. The average molecular weight is 193 g/mol. The Morgan fingerprint density at radius 3 is 2.50 bits per heavy atom. The van der Waals surface area contributed by atoms with E-state index in [1.54, 1.807) is 0 Å². The van der Waals surface area contributed by atoms with E-state index >= 15 is 0 Å². The fraction of sp³-hybridized carbons (Fsp3) is 0.500. The van der Waals surface area contributed by atoms with Gasteiger partial charge >= 0.3 is 0 Å². The van der Waals surface area contributed by atoms with E-state index < -0.39 is 0 Å². The Hall–Kier alpha value is -1.02. The van der Waals surface area contributed by atoms with Gasteiger partial charge in [-0.15, -0.1) is 0 Å². The Kier molecular flexibility index (Phi) is 3.53. The highest BCUT2D eigenvalue weighted by Gasteiger charge is 2.18. The van der Waals surface area contributed by atoms with E-state index in [1.165, 1.54) is 5.56 Å². The number of benzene rings is 1. The molecule has 0 bridgehead atoms. The van der Waals surface area contributed by atoms with Gasteiger partial charge in [0.2, 0.25) is 0 Å². The van der Waals surface area contributed by atoms with Crippen LogP contribution in [0.3, 0.4) is 0 Å².